The van der Waals surface area contributed by atoms with E-state index in [2.05, 4.69) is 42.3 Å². The second-order valence-corrected chi connectivity index (χ2v) is 10.6. The van der Waals surface area contributed by atoms with Gasteiger partial charge in [-0.1, -0.05) is 36.8 Å². The monoisotopic (exact) mass is 409 g/mol. The smallest absolute Gasteiger partial charge is 0.162 e. The van der Waals surface area contributed by atoms with Crippen molar-refractivity contribution in [3.63, 3.8) is 0 Å². The first-order valence-electron chi connectivity index (χ1n) is 12.2. The number of likely N-dealkylation sites (tertiary alicyclic amines) is 1. The van der Waals surface area contributed by atoms with Crippen LogP contribution in [0, 0.1) is 17.3 Å². The van der Waals surface area contributed by atoms with Gasteiger partial charge in [0.2, 0.25) is 0 Å². The van der Waals surface area contributed by atoms with Gasteiger partial charge in [-0.3, -0.25) is 4.79 Å². The molecule has 1 aromatic rings. The van der Waals surface area contributed by atoms with Crippen molar-refractivity contribution in [1.82, 2.24) is 4.90 Å². The first-order chi connectivity index (χ1) is 14.7. The number of likely N-dealkylation sites (N-methyl/N-ethyl adjacent to an activating group) is 1. The van der Waals surface area contributed by atoms with E-state index in [1.165, 1.54) is 24.8 Å². The van der Waals surface area contributed by atoms with Crippen molar-refractivity contribution in [3.05, 3.63) is 35.9 Å². The summed E-state index contributed by atoms with van der Waals surface area (Å²) in [5, 5.41) is 0. The number of ketones is 1. The fourth-order valence-corrected chi connectivity index (χ4v) is 8.42. The highest BCUT2D eigenvalue weighted by Crippen LogP contribution is 2.70. The molecule has 1 spiro atoms. The molecule has 7 atom stereocenters. The van der Waals surface area contributed by atoms with Gasteiger partial charge in [-0.25, -0.2) is 0 Å². The highest BCUT2D eigenvalue weighted by molar-refractivity contribution is 5.86. The third-order valence-electron chi connectivity index (χ3n) is 9.46. The Morgan fingerprint density at radius 3 is 2.93 bits per heavy atom. The van der Waals surface area contributed by atoms with Gasteiger partial charge in [-0.15, -0.1) is 0 Å². The molecular formula is C26H35NO3. The van der Waals surface area contributed by atoms with Gasteiger partial charge in [-0.2, -0.15) is 0 Å². The Morgan fingerprint density at radius 2 is 2.07 bits per heavy atom. The minimum atomic E-state index is -0.215. The highest BCUT2D eigenvalue weighted by atomic mass is 16.5. The van der Waals surface area contributed by atoms with Crippen LogP contribution in [0.1, 0.15) is 56.9 Å². The van der Waals surface area contributed by atoms with Gasteiger partial charge in [0.1, 0.15) is 6.10 Å². The van der Waals surface area contributed by atoms with E-state index in [0.29, 0.717) is 30.1 Å². The lowest BCUT2D eigenvalue weighted by atomic mass is 9.43. The Morgan fingerprint density at radius 1 is 1.20 bits per heavy atom. The number of Topliss-reactive ketones (excluding diaryl/α,β-unsaturated/α-hetero) is 1. The maximum Gasteiger partial charge on any atom is 0.162 e. The third kappa shape index (κ3) is 2.53. The predicted molar refractivity (Wildman–Crippen MR) is 115 cm³/mol. The number of nitrogens with zero attached hydrogens (tertiary/aromatic N) is 1. The van der Waals surface area contributed by atoms with Crippen molar-refractivity contribution in [3.8, 4) is 0 Å². The fraction of sp³-hybridized carbons (Fsp3) is 0.731. The molecule has 6 rings (SSSR count). The van der Waals surface area contributed by atoms with E-state index < -0.39 is 0 Å². The van der Waals surface area contributed by atoms with Gasteiger partial charge in [0.05, 0.1) is 11.7 Å². The minimum absolute atomic E-state index is 0.0831. The summed E-state index contributed by atoms with van der Waals surface area (Å²) in [7, 11) is 2.29. The summed E-state index contributed by atoms with van der Waals surface area (Å²) in [6.45, 7) is 1.85. The van der Waals surface area contributed by atoms with Gasteiger partial charge in [0, 0.05) is 24.5 Å². The molecule has 2 saturated heterocycles. The molecule has 4 nitrogen and oxygen atoms in total. The number of carbonyl (C=O) groups is 1. The number of aryl methyl sites for hydroxylation is 1. The largest absolute Gasteiger partial charge is 0.373 e. The maximum absolute atomic E-state index is 13.1. The molecule has 0 aromatic heterocycles. The number of hydrogen-bond acceptors (Lipinski definition) is 4. The first-order valence-corrected chi connectivity index (χ1v) is 12.2. The van der Waals surface area contributed by atoms with Crippen molar-refractivity contribution >= 4 is 5.78 Å². The van der Waals surface area contributed by atoms with Crippen LogP contribution in [0.15, 0.2) is 30.3 Å². The lowest BCUT2D eigenvalue weighted by Gasteiger charge is -2.68. The Kier molecular flexibility index (Phi) is 4.63. The summed E-state index contributed by atoms with van der Waals surface area (Å²) in [4.78, 5) is 15.7. The second kappa shape index (κ2) is 7.15. The van der Waals surface area contributed by atoms with Gasteiger partial charge >= 0.3 is 0 Å². The average molecular weight is 410 g/mol. The molecule has 30 heavy (non-hydrogen) atoms. The second-order valence-electron chi connectivity index (χ2n) is 10.6. The van der Waals surface area contributed by atoms with E-state index in [4.69, 9.17) is 9.47 Å². The molecule has 4 heteroatoms. The quantitative estimate of drug-likeness (QED) is 0.689. The molecular weight excluding hydrogens is 374 g/mol. The van der Waals surface area contributed by atoms with Gasteiger partial charge in [-0.05, 0) is 75.9 Å². The Hall–Kier alpha value is -1.23. The van der Waals surface area contributed by atoms with Crippen LogP contribution in [0.25, 0.3) is 0 Å². The standard InChI is InChI=1S/C26H35NO3/c1-27-15-14-25-23-19-10-5-11-21(23)30-24(25)20(28)12-13-26(25,22(27)17-19)29-16-6-9-18-7-3-2-4-8-18/h2-4,7-8,19,21-24H,5-6,9-17H2,1H3/t19?,21?,22?,23?,24-,25-,26+/m0/s1. The van der Waals surface area contributed by atoms with Crippen LogP contribution in [-0.4, -0.2) is 54.7 Å². The number of carbonyl (C=O) groups excluding carboxylic acids is 1. The first kappa shape index (κ1) is 19.5. The molecule has 0 N–H and O–H groups in total. The summed E-state index contributed by atoms with van der Waals surface area (Å²) < 4.78 is 13.7. The summed E-state index contributed by atoms with van der Waals surface area (Å²) >= 11 is 0. The van der Waals surface area contributed by atoms with Crippen LogP contribution in [0.3, 0.4) is 0 Å². The van der Waals surface area contributed by atoms with Crippen LogP contribution < -0.4 is 0 Å². The summed E-state index contributed by atoms with van der Waals surface area (Å²) in [5.74, 6) is 1.59. The predicted octanol–water partition coefficient (Wildman–Crippen LogP) is 4.02. The van der Waals surface area contributed by atoms with E-state index in [-0.39, 0.29) is 23.2 Å². The Balaban J connectivity index is 1.32. The van der Waals surface area contributed by atoms with Gasteiger partial charge in [0.15, 0.2) is 5.78 Å². The van der Waals surface area contributed by atoms with Crippen LogP contribution in [0.2, 0.25) is 0 Å². The number of piperidine rings is 1. The van der Waals surface area contributed by atoms with E-state index >= 15 is 0 Å². The van der Waals surface area contributed by atoms with Gasteiger partial charge in [0.25, 0.3) is 0 Å². The van der Waals surface area contributed by atoms with Crippen LogP contribution >= 0.6 is 0 Å². The molecule has 0 amide bonds. The van der Waals surface area contributed by atoms with Gasteiger partial charge < -0.3 is 14.4 Å². The number of benzene rings is 1. The van der Waals surface area contributed by atoms with Crippen LogP contribution in [-0.2, 0) is 20.7 Å². The third-order valence-corrected chi connectivity index (χ3v) is 9.46. The van der Waals surface area contributed by atoms with Crippen molar-refractivity contribution in [1.29, 1.82) is 0 Å². The zero-order valence-electron chi connectivity index (χ0n) is 18.2. The number of ether oxygens (including phenoxy) is 2. The minimum Gasteiger partial charge on any atom is -0.373 e. The normalized spacial score (nSPS) is 44.7. The van der Waals surface area contributed by atoms with E-state index in [1.54, 1.807) is 0 Å². The van der Waals surface area contributed by atoms with Crippen LogP contribution in [0.5, 0.6) is 0 Å². The molecule has 4 unspecified atom stereocenters. The molecule has 2 bridgehead atoms. The highest BCUT2D eigenvalue weighted by Gasteiger charge is 2.77. The van der Waals surface area contributed by atoms with E-state index in [0.717, 1.165) is 45.3 Å². The lowest BCUT2D eigenvalue weighted by molar-refractivity contribution is -0.267. The molecule has 162 valence electrons. The molecule has 5 fully saturated rings. The van der Waals surface area contributed by atoms with Crippen molar-refractivity contribution in [2.75, 3.05) is 20.2 Å². The average Bonchev–Trinajstić information content (AvgIpc) is 3.12. The van der Waals surface area contributed by atoms with E-state index in [9.17, 15) is 4.79 Å². The van der Waals surface area contributed by atoms with Crippen molar-refractivity contribution < 1.29 is 14.3 Å². The van der Waals surface area contributed by atoms with Crippen LogP contribution in [0.4, 0.5) is 0 Å². The number of rotatable bonds is 5. The topological polar surface area (TPSA) is 38.8 Å². The summed E-state index contributed by atoms with van der Waals surface area (Å²) in [5.41, 5.74) is 1.09. The molecule has 0 radical (unpaired) electrons. The van der Waals surface area contributed by atoms with E-state index in [1.807, 2.05) is 0 Å². The summed E-state index contributed by atoms with van der Waals surface area (Å²) in [6, 6.07) is 11.2. The fourth-order valence-electron chi connectivity index (χ4n) is 8.42. The Bertz CT molecular complexity index is 812. The Labute approximate surface area is 180 Å². The molecule has 2 aliphatic heterocycles. The molecule has 5 aliphatic rings. The zero-order chi connectivity index (χ0) is 20.3. The molecule has 3 saturated carbocycles. The SMILES string of the molecule is CN1CC[C@]23C4C5CCCC4O[C@H]2C(=O)CC[C@@]3(OCCCc2ccccc2)C1C5. The van der Waals surface area contributed by atoms with Crippen molar-refractivity contribution in [2.24, 2.45) is 17.3 Å². The van der Waals surface area contributed by atoms with Crippen molar-refractivity contribution in [2.45, 2.75) is 81.6 Å². The molecule has 2 heterocycles. The number of hydrogen-bond donors (Lipinski definition) is 0. The lowest BCUT2D eigenvalue weighted by Crippen LogP contribution is -2.77. The summed E-state index contributed by atoms with van der Waals surface area (Å²) in [6.07, 6.45) is 9.66. The molecule has 1 aromatic carbocycles. The zero-order valence-corrected chi connectivity index (χ0v) is 18.2. The molecule has 3 aliphatic carbocycles. The maximum atomic E-state index is 13.1.